The Morgan fingerprint density at radius 2 is 1.88 bits per heavy atom. The van der Waals surface area contributed by atoms with Crippen molar-refractivity contribution in [1.29, 1.82) is 0 Å². The van der Waals surface area contributed by atoms with Crippen LogP contribution in [-0.2, 0) is 6.54 Å². The van der Waals surface area contributed by atoms with Crippen LogP contribution in [0.15, 0.2) is 67.0 Å². The minimum Gasteiger partial charge on any atom is -0.495 e. The summed E-state index contributed by atoms with van der Waals surface area (Å²) in [6.45, 7) is 0.464. The van der Waals surface area contributed by atoms with Gasteiger partial charge in [0.2, 0.25) is 0 Å². The average molecular weight is 368 g/mol. The fourth-order valence-corrected chi connectivity index (χ4v) is 2.68. The molecule has 0 unspecified atom stereocenters. The van der Waals surface area contributed by atoms with E-state index >= 15 is 0 Å². The number of benzene rings is 2. The van der Waals surface area contributed by atoms with Gasteiger partial charge in [0.25, 0.3) is 5.91 Å². The van der Waals surface area contributed by atoms with Gasteiger partial charge in [0.05, 0.1) is 29.6 Å². The summed E-state index contributed by atoms with van der Waals surface area (Å²) in [4.78, 5) is 16.5. The molecule has 6 heteroatoms. The third kappa shape index (κ3) is 4.52. The Morgan fingerprint density at radius 1 is 1.08 bits per heavy atom. The average Bonchev–Trinajstić information content (AvgIpc) is 2.67. The second kappa shape index (κ2) is 8.36. The SMILES string of the molecule is COc1ccc(Nc2cncc(C(=O)NCc3ccccc3)c2)cc1Cl. The van der Waals surface area contributed by atoms with Gasteiger partial charge in [-0.3, -0.25) is 9.78 Å². The first-order valence-electron chi connectivity index (χ1n) is 8.03. The maximum Gasteiger partial charge on any atom is 0.253 e. The Hall–Kier alpha value is -3.05. The van der Waals surface area contributed by atoms with Gasteiger partial charge in [0.15, 0.2) is 0 Å². The Balaban J connectivity index is 1.67. The van der Waals surface area contributed by atoms with Gasteiger partial charge in [-0.25, -0.2) is 0 Å². The van der Waals surface area contributed by atoms with Crippen LogP contribution in [0.3, 0.4) is 0 Å². The second-order valence-corrected chi connectivity index (χ2v) is 6.01. The van der Waals surface area contributed by atoms with E-state index < -0.39 is 0 Å². The highest BCUT2D eigenvalue weighted by Crippen LogP contribution is 2.28. The summed E-state index contributed by atoms with van der Waals surface area (Å²) in [5, 5.41) is 6.57. The van der Waals surface area contributed by atoms with Crippen LogP contribution in [0.5, 0.6) is 5.75 Å². The largest absolute Gasteiger partial charge is 0.495 e. The lowest BCUT2D eigenvalue weighted by Gasteiger charge is -2.10. The molecule has 0 aliphatic rings. The number of hydrogen-bond donors (Lipinski definition) is 2. The Labute approximate surface area is 157 Å². The minimum atomic E-state index is -0.183. The summed E-state index contributed by atoms with van der Waals surface area (Å²) >= 11 is 6.13. The molecular formula is C20H18ClN3O2. The van der Waals surface area contributed by atoms with Crippen LogP contribution in [-0.4, -0.2) is 18.0 Å². The zero-order valence-electron chi connectivity index (χ0n) is 14.2. The molecule has 26 heavy (non-hydrogen) atoms. The number of carbonyl (C=O) groups is 1. The zero-order chi connectivity index (χ0) is 18.4. The molecule has 0 aliphatic heterocycles. The Bertz CT molecular complexity index is 901. The van der Waals surface area contributed by atoms with Gasteiger partial charge in [-0.2, -0.15) is 0 Å². The third-order valence-corrected chi connectivity index (χ3v) is 4.03. The highest BCUT2D eigenvalue weighted by atomic mass is 35.5. The normalized spacial score (nSPS) is 10.2. The van der Waals surface area contributed by atoms with Crippen LogP contribution in [0.1, 0.15) is 15.9 Å². The number of hydrogen-bond acceptors (Lipinski definition) is 4. The third-order valence-electron chi connectivity index (χ3n) is 3.74. The van der Waals surface area contributed by atoms with Gasteiger partial charge in [-0.05, 0) is 29.8 Å². The minimum absolute atomic E-state index is 0.183. The number of nitrogens with one attached hydrogen (secondary N) is 2. The number of anilines is 2. The van der Waals surface area contributed by atoms with E-state index in [1.165, 1.54) is 6.20 Å². The van der Waals surface area contributed by atoms with Gasteiger partial charge in [0.1, 0.15) is 5.75 Å². The van der Waals surface area contributed by atoms with E-state index in [2.05, 4.69) is 15.6 Å². The second-order valence-electron chi connectivity index (χ2n) is 5.60. The maximum atomic E-state index is 12.3. The van der Waals surface area contributed by atoms with Gasteiger partial charge in [0, 0.05) is 18.4 Å². The number of ether oxygens (including phenoxy) is 1. The van der Waals surface area contributed by atoms with Gasteiger partial charge in [-0.15, -0.1) is 0 Å². The molecule has 0 radical (unpaired) electrons. The van der Waals surface area contributed by atoms with Crippen LogP contribution in [0.25, 0.3) is 0 Å². The molecule has 5 nitrogen and oxygen atoms in total. The van der Waals surface area contributed by atoms with Crippen molar-refractivity contribution in [1.82, 2.24) is 10.3 Å². The molecule has 2 N–H and O–H groups in total. The molecule has 0 bridgehead atoms. The smallest absolute Gasteiger partial charge is 0.253 e. The van der Waals surface area contributed by atoms with Crippen molar-refractivity contribution >= 4 is 28.9 Å². The lowest BCUT2D eigenvalue weighted by molar-refractivity contribution is 0.0950. The van der Waals surface area contributed by atoms with Crippen LogP contribution in [0.2, 0.25) is 5.02 Å². The van der Waals surface area contributed by atoms with Crippen molar-refractivity contribution in [2.24, 2.45) is 0 Å². The topological polar surface area (TPSA) is 63.2 Å². The molecule has 1 heterocycles. The van der Waals surface area contributed by atoms with Crippen molar-refractivity contribution in [3.63, 3.8) is 0 Å². The van der Waals surface area contributed by atoms with E-state index in [4.69, 9.17) is 16.3 Å². The first-order chi connectivity index (χ1) is 12.7. The highest BCUT2D eigenvalue weighted by Gasteiger charge is 2.08. The molecular weight excluding hydrogens is 350 g/mol. The number of amides is 1. The zero-order valence-corrected chi connectivity index (χ0v) is 15.0. The number of rotatable bonds is 6. The predicted molar refractivity (Wildman–Crippen MR) is 103 cm³/mol. The van der Waals surface area contributed by atoms with Crippen molar-refractivity contribution in [2.45, 2.75) is 6.54 Å². The summed E-state index contributed by atoms with van der Waals surface area (Å²) < 4.78 is 5.14. The lowest BCUT2D eigenvalue weighted by Crippen LogP contribution is -2.22. The molecule has 0 spiro atoms. The lowest BCUT2D eigenvalue weighted by atomic mass is 10.2. The fourth-order valence-electron chi connectivity index (χ4n) is 2.42. The number of methoxy groups -OCH3 is 1. The molecule has 1 aromatic heterocycles. The number of halogens is 1. The number of nitrogens with zero attached hydrogens (tertiary/aromatic N) is 1. The van der Waals surface area contributed by atoms with E-state index in [0.717, 1.165) is 11.3 Å². The van der Waals surface area contributed by atoms with Crippen LogP contribution >= 0.6 is 11.6 Å². The number of aromatic nitrogens is 1. The molecule has 0 atom stereocenters. The fraction of sp³-hybridized carbons (Fsp3) is 0.100. The van der Waals surface area contributed by atoms with E-state index in [1.54, 1.807) is 31.5 Å². The highest BCUT2D eigenvalue weighted by molar-refractivity contribution is 6.32. The van der Waals surface area contributed by atoms with E-state index in [0.29, 0.717) is 28.6 Å². The first kappa shape index (κ1) is 17.8. The van der Waals surface area contributed by atoms with E-state index in [9.17, 15) is 4.79 Å². The summed E-state index contributed by atoms with van der Waals surface area (Å²) in [5.74, 6) is 0.419. The van der Waals surface area contributed by atoms with E-state index in [-0.39, 0.29) is 5.91 Å². The Morgan fingerprint density at radius 3 is 2.62 bits per heavy atom. The molecule has 3 rings (SSSR count). The first-order valence-corrected chi connectivity index (χ1v) is 8.41. The van der Waals surface area contributed by atoms with Crippen molar-refractivity contribution in [3.8, 4) is 5.75 Å². The van der Waals surface area contributed by atoms with Gasteiger partial charge >= 0.3 is 0 Å². The quantitative estimate of drug-likeness (QED) is 0.677. The number of pyridine rings is 1. The molecule has 0 saturated carbocycles. The van der Waals surface area contributed by atoms with Crippen LogP contribution in [0.4, 0.5) is 11.4 Å². The molecule has 3 aromatic rings. The van der Waals surface area contributed by atoms with Crippen LogP contribution in [0, 0.1) is 0 Å². The predicted octanol–water partition coefficient (Wildman–Crippen LogP) is 4.42. The molecule has 132 valence electrons. The maximum absolute atomic E-state index is 12.3. The summed E-state index contributed by atoms with van der Waals surface area (Å²) in [5.41, 5.74) is 2.99. The summed E-state index contributed by atoms with van der Waals surface area (Å²) in [6.07, 6.45) is 3.18. The van der Waals surface area contributed by atoms with E-state index in [1.807, 2.05) is 36.4 Å². The molecule has 0 fully saturated rings. The summed E-state index contributed by atoms with van der Waals surface area (Å²) in [7, 11) is 1.57. The van der Waals surface area contributed by atoms with Crippen LogP contribution < -0.4 is 15.4 Å². The van der Waals surface area contributed by atoms with Crippen molar-refractivity contribution in [2.75, 3.05) is 12.4 Å². The molecule has 0 aliphatic carbocycles. The Kier molecular flexibility index (Phi) is 5.71. The summed E-state index contributed by atoms with van der Waals surface area (Å²) in [6, 6.07) is 16.8. The van der Waals surface area contributed by atoms with Gasteiger partial charge in [-0.1, -0.05) is 41.9 Å². The monoisotopic (exact) mass is 367 g/mol. The van der Waals surface area contributed by atoms with Crippen molar-refractivity contribution < 1.29 is 9.53 Å². The molecule has 1 amide bonds. The molecule has 0 saturated heterocycles. The van der Waals surface area contributed by atoms with Crippen molar-refractivity contribution in [3.05, 3.63) is 83.1 Å². The standard InChI is InChI=1S/C20H18ClN3O2/c1-26-19-8-7-16(10-18(19)21)24-17-9-15(12-22-13-17)20(25)23-11-14-5-3-2-4-6-14/h2-10,12-13,24H,11H2,1H3,(H,23,25). The van der Waals surface area contributed by atoms with Gasteiger partial charge < -0.3 is 15.4 Å². The number of carbonyl (C=O) groups excluding carboxylic acids is 1. The molecule has 2 aromatic carbocycles.